The molecule has 1 N–H and O–H groups in total. The molecule has 0 heterocycles. The Labute approximate surface area is 146 Å². The lowest BCUT2D eigenvalue weighted by Crippen LogP contribution is -2.18. The molecule has 0 atom stereocenters. The van der Waals surface area contributed by atoms with Crippen LogP contribution in [0.1, 0.15) is 5.56 Å². The SMILES string of the molecule is COc1ccc(Br)cc1/C=N/NS(=O)(=O)c1cccc([N+](=O)[O-])c1. The number of benzene rings is 2. The normalized spacial score (nSPS) is 11.4. The third-order valence-electron chi connectivity index (χ3n) is 2.91. The molecule has 0 radical (unpaired) electrons. The number of non-ortho nitro benzene ring substituents is 1. The van der Waals surface area contributed by atoms with Gasteiger partial charge in [-0.2, -0.15) is 13.5 Å². The molecule has 0 unspecified atom stereocenters. The van der Waals surface area contributed by atoms with Gasteiger partial charge in [-0.25, -0.2) is 4.83 Å². The maximum atomic E-state index is 12.1. The molecule has 0 aliphatic rings. The second-order valence-corrected chi connectivity index (χ2v) is 7.07. The van der Waals surface area contributed by atoms with Gasteiger partial charge in [-0.1, -0.05) is 22.0 Å². The van der Waals surface area contributed by atoms with E-state index in [-0.39, 0.29) is 10.6 Å². The van der Waals surface area contributed by atoms with Gasteiger partial charge in [0, 0.05) is 22.2 Å². The Hall–Kier alpha value is -2.46. The van der Waals surface area contributed by atoms with Crippen molar-refractivity contribution in [3.8, 4) is 5.75 Å². The predicted octanol–water partition coefficient (Wildman–Crippen LogP) is 2.68. The first-order valence-corrected chi connectivity index (χ1v) is 8.74. The van der Waals surface area contributed by atoms with Crippen molar-refractivity contribution in [1.29, 1.82) is 0 Å². The molecule has 8 nitrogen and oxygen atoms in total. The second kappa shape index (κ2) is 7.41. The molecule has 126 valence electrons. The third-order valence-corrected chi connectivity index (χ3v) is 4.62. The average molecular weight is 414 g/mol. The van der Waals surface area contributed by atoms with Crippen LogP contribution in [-0.2, 0) is 10.0 Å². The van der Waals surface area contributed by atoms with Crippen LogP contribution in [-0.4, -0.2) is 26.7 Å². The zero-order chi connectivity index (χ0) is 17.7. The maximum Gasteiger partial charge on any atom is 0.276 e. The van der Waals surface area contributed by atoms with Crippen molar-refractivity contribution >= 4 is 37.9 Å². The quantitative estimate of drug-likeness (QED) is 0.444. The van der Waals surface area contributed by atoms with E-state index in [1.165, 1.54) is 31.5 Å². The van der Waals surface area contributed by atoms with Crippen LogP contribution >= 0.6 is 15.9 Å². The summed E-state index contributed by atoms with van der Waals surface area (Å²) in [5.74, 6) is 0.511. The van der Waals surface area contributed by atoms with E-state index in [2.05, 4.69) is 21.0 Å². The Balaban J connectivity index is 2.23. The summed E-state index contributed by atoms with van der Waals surface area (Å²) in [6.45, 7) is 0. The standard InChI is InChI=1S/C14H12BrN3O5S/c1-23-14-6-5-11(15)7-10(14)9-16-17-24(21,22)13-4-2-3-12(8-13)18(19)20/h2-9,17H,1H3/b16-9+. The minimum Gasteiger partial charge on any atom is -0.496 e. The molecule has 0 amide bonds. The summed E-state index contributed by atoms with van der Waals surface area (Å²) in [5, 5.41) is 14.4. The van der Waals surface area contributed by atoms with Gasteiger partial charge in [0.1, 0.15) is 5.75 Å². The lowest BCUT2D eigenvalue weighted by molar-refractivity contribution is -0.385. The van der Waals surface area contributed by atoms with Crippen LogP contribution in [0, 0.1) is 10.1 Å². The van der Waals surface area contributed by atoms with Crippen LogP contribution in [0.2, 0.25) is 0 Å². The molecule has 0 spiro atoms. The van der Waals surface area contributed by atoms with Crippen molar-refractivity contribution in [2.75, 3.05) is 7.11 Å². The Bertz CT molecular complexity index is 899. The van der Waals surface area contributed by atoms with Crippen molar-refractivity contribution in [2.24, 2.45) is 5.10 Å². The minimum absolute atomic E-state index is 0.255. The monoisotopic (exact) mass is 413 g/mol. The highest BCUT2D eigenvalue weighted by Crippen LogP contribution is 2.21. The highest BCUT2D eigenvalue weighted by Gasteiger charge is 2.16. The lowest BCUT2D eigenvalue weighted by atomic mass is 10.2. The molecular formula is C14H12BrN3O5S. The van der Waals surface area contributed by atoms with Crippen molar-refractivity contribution in [3.63, 3.8) is 0 Å². The van der Waals surface area contributed by atoms with Crippen LogP contribution in [0.25, 0.3) is 0 Å². The van der Waals surface area contributed by atoms with E-state index in [0.29, 0.717) is 11.3 Å². The summed E-state index contributed by atoms with van der Waals surface area (Å²) in [7, 11) is -2.54. The molecule has 2 aromatic rings. The van der Waals surface area contributed by atoms with Crippen molar-refractivity contribution in [1.82, 2.24) is 4.83 Å². The zero-order valence-electron chi connectivity index (χ0n) is 12.3. The number of nitrogens with one attached hydrogen (secondary N) is 1. The van der Waals surface area contributed by atoms with Gasteiger partial charge in [0.05, 0.1) is 23.1 Å². The van der Waals surface area contributed by atoms with Crippen molar-refractivity contribution < 1.29 is 18.1 Å². The van der Waals surface area contributed by atoms with E-state index in [1.807, 2.05) is 4.83 Å². The number of hydrogen-bond donors (Lipinski definition) is 1. The lowest BCUT2D eigenvalue weighted by Gasteiger charge is -2.05. The Morgan fingerprint density at radius 1 is 1.29 bits per heavy atom. The number of nitro benzene ring substituents is 1. The number of sulfonamides is 1. The molecule has 0 saturated carbocycles. The van der Waals surface area contributed by atoms with Gasteiger partial charge < -0.3 is 4.74 Å². The number of hydrazone groups is 1. The first kappa shape index (κ1) is 17.9. The average Bonchev–Trinajstić information content (AvgIpc) is 2.55. The van der Waals surface area contributed by atoms with Gasteiger partial charge in [0.2, 0.25) is 0 Å². The summed E-state index contributed by atoms with van der Waals surface area (Å²) in [6.07, 6.45) is 1.28. The summed E-state index contributed by atoms with van der Waals surface area (Å²) >= 11 is 3.30. The number of hydrogen-bond acceptors (Lipinski definition) is 6. The van der Waals surface area contributed by atoms with E-state index in [0.717, 1.165) is 10.5 Å². The molecule has 0 aliphatic heterocycles. The Morgan fingerprint density at radius 2 is 2.04 bits per heavy atom. The molecule has 24 heavy (non-hydrogen) atoms. The fourth-order valence-electron chi connectivity index (χ4n) is 1.79. The van der Waals surface area contributed by atoms with Gasteiger partial charge in [0.15, 0.2) is 0 Å². The van der Waals surface area contributed by atoms with E-state index in [1.54, 1.807) is 18.2 Å². The molecule has 0 fully saturated rings. The van der Waals surface area contributed by atoms with E-state index >= 15 is 0 Å². The summed E-state index contributed by atoms with van der Waals surface area (Å²) in [4.78, 5) is 11.8. The van der Waals surface area contributed by atoms with Gasteiger partial charge in [-0.05, 0) is 24.3 Å². The molecule has 2 aromatic carbocycles. The van der Waals surface area contributed by atoms with Crippen LogP contribution in [0.3, 0.4) is 0 Å². The number of rotatable bonds is 6. The molecule has 0 saturated heterocycles. The first-order chi connectivity index (χ1) is 11.3. The van der Waals surface area contributed by atoms with Gasteiger partial charge in [-0.3, -0.25) is 10.1 Å². The van der Waals surface area contributed by atoms with Gasteiger partial charge >= 0.3 is 0 Å². The van der Waals surface area contributed by atoms with E-state index < -0.39 is 14.9 Å². The van der Waals surface area contributed by atoms with Crippen LogP contribution in [0.4, 0.5) is 5.69 Å². The molecular weight excluding hydrogens is 402 g/mol. The van der Waals surface area contributed by atoms with E-state index in [4.69, 9.17) is 4.74 Å². The molecule has 2 rings (SSSR count). The number of halogens is 1. The van der Waals surface area contributed by atoms with Crippen LogP contribution in [0.15, 0.2) is 56.9 Å². The minimum atomic E-state index is -4.02. The van der Waals surface area contributed by atoms with Crippen LogP contribution in [0.5, 0.6) is 5.75 Å². The molecule has 0 aliphatic carbocycles. The Kier molecular flexibility index (Phi) is 5.52. The summed E-state index contributed by atoms with van der Waals surface area (Å²) < 4.78 is 30.2. The highest BCUT2D eigenvalue weighted by atomic mass is 79.9. The fraction of sp³-hybridized carbons (Fsp3) is 0.0714. The van der Waals surface area contributed by atoms with Crippen LogP contribution < -0.4 is 9.57 Å². The zero-order valence-corrected chi connectivity index (χ0v) is 14.7. The topological polar surface area (TPSA) is 111 Å². The first-order valence-electron chi connectivity index (χ1n) is 6.46. The number of nitro groups is 1. The van der Waals surface area contributed by atoms with E-state index in [9.17, 15) is 18.5 Å². The smallest absolute Gasteiger partial charge is 0.276 e. The second-order valence-electron chi connectivity index (χ2n) is 4.49. The summed E-state index contributed by atoms with van der Waals surface area (Å²) in [5.41, 5.74) is 0.226. The molecule has 0 bridgehead atoms. The number of methoxy groups -OCH3 is 1. The number of ether oxygens (including phenoxy) is 1. The maximum absolute atomic E-state index is 12.1. The number of nitrogens with zero attached hydrogens (tertiary/aromatic N) is 2. The van der Waals surface area contributed by atoms with Crippen molar-refractivity contribution in [2.45, 2.75) is 4.90 Å². The fourth-order valence-corrected chi connectivity index (χ4v) is 3.00. The third kappa shape index (κ3) is 4.30. The molecule has 10 heteroatoms. The largest absolute Gasteiger partial charge is 0.496 e. The van der Waals surface area contributed by atoms with Gasteiger partial charge in [0.25, 0.3) is 15.7 Å². The van der Waals surface area contributed by atoms with Crippen molar-refractivity contribution in [3.05, 3.63) is 62.6 Å². The highest BCUT2D eigenvalue weighted by molar-refractivity contribution is 9.10. The predicted molar refractivity (Wildman–Crippen MR) is 91.7 cm³/mol. The summed E-state index contributed by atoms with van der Waals surface area (Å²) in [6, 6.07) is 9.85. The van der Waals surface area contributed by atoms with Gasteiger partial charge in [-0.15, -0.1) is 0 Å². The Morgan fingerprint density at radius 3 is 2.71 bits per heavy atom. The molecule has 0 aromatic heterocycles.